The van der Waals surface area contributed by atoms with Crippen LogP contribution in [0.3, 0.4) is 0 Å². The van der Waals surface area contributed by atoms with Crippen LogP contribution >= 0.6 is 0 Å². The number of nitrogens with zero attached hydrogens (tertiary/aromatic N) is 3. The maximum atomic E-state index is 13.7. The molecular weight excluding hydrogens is 444 g/mol. The van der Waals surface area contributed by atoms with Gasteiger partial charge in [0.15, 0.2) is 11.6 Å². The number of aromatic nitrogens is 3. The lowest BCUT2D eigenvalue weighted by Gasteiger charge is -2.23. The van der Waals surface area contributed by atoms with Crippen molar-refractivity contribution < 1.29 is 23.1 Å². The van der Waals surface area contributed by atoms with E-state index >= 15 is 0 Å². The van der Waals surface area contributed by atoms with Crippen LogP contribution in [0, 0.1) is 11.6 Å². The Morgan fingerprint density at radius 1 is 1.09 bits per heavy atom. The zero-order valence-electron chi connectivity index (χ0n) is 19.4. The SMILES string of the molecule is CCn1nc(-c2ccncc2)cc1NC(=O)[C@H](Cc1ccc(F)c(F)c1)NC(=O)OC(C)(C)C. The first-order valence-corrected chi connectivity index (χ1v) is 10.8. The molecule has 1 aromatic carbocycles. The van der Waals surface area contributed by atoms with Gasteiger partial charge in [0.1, 0.15) is 17.5 Å². The van der Waals surface area contributed by atoms with E-state index in [9.17, 15) is 18.4 Å². The van der Waals surface area contributed by atoms with Gasteiger partial charge in [-0.25, -0.2) is 18.3 Å². The summed E-state index contributed by atoms with van der Waals surface area (Å²) in [5.74, 6) is -2.19. The molecule has 0 saturated heterocycles. The predicted molar refractivity (Wildman–Crippen MR) is 123 cm³/mol. The molecule has 0 spiro atoms. The lowest BCUT2D eigenvalue weighted by molar-refractivity contribution is -0.118. The molecule has 180 valence electrons. The van der Waals surface area contributed by atoms with Gasteiger partial charge in [0, 0.05) is 37.0 Å². The third kappa shape index (κ3) is 6.60. The van der Waals surface area contributed by atoms with Crippen molar-refractivity contribution in [2.45, 2.75) is 52.3 Å². The van der Waals surface area contributed by atoms with Crippen molar-refractivity contribution in [3.05, 3.63) is 66.0 Å². The van der Waals surface area contributed by atoms with E-state index in [1.165, 1.54) is 6.07 Å². The fourth-order valence-corrected chi connectivity index (χ4v) is 3.20. The molecule has 0 aliphatic rings. The van der Waals surface area contributed by atoms with Gasteiger partial charge < -0.3 is 15.4 Å². The highest BCUT2D eigenvalue weighted by molar-refractivity contribution is 5.96. The number of carbonyl (C=O) groups excluding carboxylic acids is 2. The summed E-state index contributed by atoms with van der Waals surface area (Å²) >= 11 is 0. The van der Waals surface area contributed by atoms with E-state index in [0.717, 1.165) is 17.7 Å². The van der Waals surface area contributed by atoms with Crippen LogP contribution < -0.4 is 10.6 Å². The number of rotatable bonds is 7. The Morgan fingerprint density at radius 2 is 1.79 bits per heavy atom. The molecule has 2 N–H and O–H groups in total. The first kappa shape index (κ1) is 24.8. The fourth-order valence-electron chi connectivity index (χ4n) is 3.20. The standard InChI is InChI=1S/C24H27F2N5O3/c1-5-31-21(14-19(30-31)16-8-10-27-11-9-16)29-22(32)20(28-23(33)34-24(2,3)4)13-15-6-7-17(25)18(26)12-15/h6-12,14,20H,5,13H2,1-4H3,(H,28,33)(H,29,32)/t20-/m0/s1. The second kappa shape index (κ2) is 10.4. The van der Waals surface area contributed by atoms with Crippen molar-refractivity contribution in [2.24, 2.45) is 0 Å². The van der Waals surface area contributed by atoms with E-state index in [2.05, 4.69) is 20.7 Å². The summed E-state index contributed by atoms with van der Waals surface area (Å²) in [5, 5.41) is 9.80. The van der Waals surface area contributed by atoms with Gasteiger partial charge in [-0.3, -0.25) is 9.78 Å². The third-order valence-corrected chi connectivity index (χ3v) is 4.74. The largest absolute Gasteiger partial charge is 0.444 e. The van der Waals surface area contributed by atoms with Crippen molar-refractivity contribution in [1.29, 1.82) is 0 Å². The van der Waals surface area contributed by atoms with E-state index < -0.39 is 35.3 Å². The number of hydrogen-bond donors (Lipinski definition) is 2. The zero-order valence-corrected chi connectivity index (χ0v) is 19.4. The zero-order chi connectivity index (χ0) is 24.9. The van der Waals surface area contributed by atoms with Gasteiger partial charge in [-0.15, -0.1) is 0 Å². The number of anilines is 1. The van der Waals surface area contributed by atoms with E-state index in [1.807, 2.05) is 6.92 Å². The molecule has 0 aliphatic carbocycles. The lowest BCUT2D eigenvalue weighted by Crippen LogP contribution is -2.47. The van der Waals surface area contributed by atoms with Crippen LogP contribution in [0.15, 0.2) is 48.8 Å². The Labute approximate surface area is 196 Å². The van der Waals surface area contributed by atoms with E-state index in [0.29, 0.717) is 23.6 Å². The van der Waals surface area contributed by atoms with Crippen molar-refractivity contribution in [3.8, 4) is 11.3 Å². The smallest absolute Gasteiger partial charge is 0.408 e. The Kier molecular flexibility index (Phi) is 7.60. The molecule has 0 bridgehead atoms. The Bertz CT molecular complexity index is 1160. The molecule has 0 saturated carbocycles. The number of halogens is 2. The maximum Gasteiger partial charge on any atom is 0.408 e. The van der Waals surface area contributed by atoms with Crippen LogP contribution in [0.2, 0.25) is 0 Å². The molecule has 0 fully saturated rings. The number of carbonyl (C=O) groups is 2. The maximum absolute atomic E-state index is 13.7. The fraction of sp³-hybridized carbons (Fsp3) is 0.333. The molecule has 8 nitrogen and oxygen atoms in total. The van der Waals surface area contributed by atoms with E-state index in [-0.39, 0.29) is 6.42 Å². The molecule has 0 radical (unpaired) electrons. The first-order chi connectivity index (χ1) is 16.1. The van der Waals surface area contributed by atoms with Gasteiger partial charge >= 0.3 is 6.09 Å². The molecule has 3 aromatic rings. The molecule has 3 rings (SSSR count). The molecule has 0 aliphatic heterocycles. The Hall–Kier alpha value is -3.82. The van der Waals surface area contributed by atoms with Gasteiger partial charge in [0.2, 0.25) is 5.91 Å². The van der Waals surface area contributed by atoms with Gasteiger partial charge in [-0.2, -0.15) is 5.10 Å². The second-order valence-electron chi connectivity index (χ2n) is 8.61. The van der Waals surface area contributed by atoms with Crippen LogP contribution in [0.25, 0.3) is 11.3 Å². The van der Waals surface area contributed by atoms with Crippen molar-refractivity contribution in [1.82, 2.24) is 20.1 Å². The number of aryl methyl sites for hydroxylation is 1. The predicted octanol–water partition coefficient (Wildman–Crippen LogP) is 4.32. The summed E-state index contributed by atoms with van der Waals surface area (Å²) in [4.78, 5) is 29.6. The molecular formula is C24H27F2N5O3. The minimum atomic E-state index is -1.12. The quantitative estimate of drug-likeness (QED) is 0.535. The van der Waals surface area contributed by atoms with Crippen molar-refractivity contribution in [3.63, 3.8) is 0 Å². The number of pyridine rings is 1. The van der Waals surface area contributed by atoms with Gasteiger partial charge in [-0.1, -0.05) is 6.07 Å². The summed E-state index contributed by atoms with van der Waals surface area (Å²) in [6, 6.07) is 7.49. The Balaban J connectivity index is 1.84. The minimum absolute atomic E-state index is 0.0836. The molecule has 1 atom stereocenters. The molecule has 2 aromatic heterocycles. The minimum Gasteiger partial charge on any atom is -0.444 e. The third-order valence-electron chi connectivity index (χ3n) is 4.74. The average molecular weight is 472 g/mol. The number of ether oxygens (including phenoxy) is 1. The van der Waals surface area contributed by atoms with Crippen molar-refractivity contribution in [2.75, 3.05) is 5.32 Å². The monoisotopic (exact) mass is 471 g/mol. The van der Waals surface area contributed by atoms with E-state index in [1.54, 1.807) is 56.0 Å². The van der Waals surface area contributed by atoms with Crippen LogP contribution in [0.5, 0.6) is 0 Å². The summed E-state index contributed by atoms with van der Waals surface area (Å²) in [6.45, 7) is 7.43. The highest BCUT2D eigenvalue weighted by Crippen LogP contribution is 2.22. The molecule has 34 heavy (non-hydrogen) atoms. The summed E-state index contributed by atoms with van der Waals surface area (Å²) in [6.07, 6.45) is 2.39. The highest BCUT2D eigenvalue weighted by Gasteiger charge is 2.26. The van der Waals surface area contributed by atoms with Gasteiger partial charge in [0.25, 0.3) is 0 Å². The number of benzene rings is 1. The van der Waals surface area contributed by atoms with Crippen LogP contribution in [0.4, 0.5) is 19.4 Å². The Morgan fingerprint density at radius 3 is 2.41 bits per heavy atom. The second-order valence-corrected chi connectivity index (χ2v) is 8.61. The lowest BCUT2D eigenvalue weighted by atomic mass is 10.0. The van der Waals surface area contributed by atoms with Crippen LogP contribution in [0.1, 0.15) is 33.3 Å². The van der Waals surface area contributed by atoms with Crippen molar-refractivity contribution >= 4 is 17.8 Å². The summed E-state index contributed by atoms with van der Waals surface area (Å²) in [7, 11) is 0. The number of amides is 2. The summed E-state index contributed by atoms with van der Waals surface area (Å²) in [5.41, 5.74) is 1.00. The number of alkyl carbamates (subject to hydrolysis) is 1. The van der Waals surface area contributed by atoms with Crippen LogP contribution in [-0.2, 0) is 22.5 Å². The number of nitrogens with one attached hydrogen (secondary N) is 2. The first-order valence-electron chi connectivity index (χ1n) is 10.8. The normalized spacial score (nSPS) is 12.2. The molecule has 10 heteroatoms. The topological polar surface area (TPSA) is 98.1 Å². The molecule has 2 heterocycles. The summed E-state index contributed by atoms with van der Waals surface area (Å²) < 4.78 is 33.9. The van der Waals surface area contributed by atoms with E-state index in [4.69, 9.17) is 4.74 Å². The van der Waals surface area contributed by atoms with Gasteiger partial charge in [0.05, 0.1) is 5.69 Å². The van der Waals surface area contributed by atoms with Gasteiger partial charge in [-0.05, 0) is 57.5 Å². The molecule has 2 amide bonds. The highest BCUT2D eigenvalue weighted by atomic mass is 19.2. The molecule has 0 unspecified atom stereocenters. The average Bonchev–Trinajstić information content (AvgIpc) is 3.18. The van der Waals surface area contributed by atoms with Crippen LogP contribution in [-0.4, -0.2) is 38.4 Å². The number of hydrogen-bond acceptors (Lipinski definition) is 5.